The summed E-state index contributed by atoms with van der Waals surface area (Å²) in [5.74, 6) is 0.667. The fourth-order valence-electron chi connectivity index (χ4n) is 3.92. The highest BCUT2D eigenvalue weighted by atomic mass is 17.1. The van der Waals surface area contributed by atoms with Crippen molar-refractivity contribution in [2.75, 3.05) is 11.9 Å². The van der Waals surface area contributed by atoms with Gasteiger partial charge in [-0.25, -0.2) is 19.8 Å². The van der Waals surface area contributed by atoms with E-state index in [9.17, 15) is 4.91 Å². The molecule has 3 atom stereocenters. The van der Waals surface area contributed by atoms with E-state index in [1.807, 2.05) is 0 Å². The first-order valence-electron chi connectivity index (χ1n) is 9.38. The molecule has 2 aromatic heterocycles. The lowest BCUT2D eigenvalue weighted by atomic mass is 9.95. The monoisotopic (exact) mass is 393 g/mol. The molecular weight excluding hydrogens is 370 g/mol. The first kappa shape index (κ1) is 19.1. The van der Waals surface area contributed by atoms with Crippen molar-refractivity contribution in [2.45, 2.75) is 62.9 Å². The lowest BCUT2D eigenvalue weighted by Crippen LogP contribution is -2.23. The Labute approximate surface area is 160 Å². The van der Waals surface area contributed by atoms with Gasteiger partial charge in [-0.3, -0.25) is 15.0 Å². The van der Waals surface area contributed by atoms with Gasteiger partial charge in [-0.2, -0.15) is 4.91 Å². The molecule has 28 heavy (non-hydrogen) atoms. The summed E-state index contributed by atoms with van der Waals surface area (Å²) in [5, 5.41) is 23.6. The summed E-state index contributed by atoms with van der Waals surface area (Å²) in [6.45, 7) is -0.133. The lowest BCUT2D eigenvalue weighted by molar-refractivity contribution is -0.495. The number of rotatable bonds is 7. The van der Waals surface area contributed by atoms with Crippen molar-refractivity contribution in [3.05, 3.63) is 17.6 Å². The summed E-state index contributed by atoms with van der Waals surface area (Å²) < 4.78 is 7.49. The van der Waals surface area contributed by atoms with Crippen molar-refractivity contribution < 1.29 is 20.0 Å². The Morgan fingerprint density at radius 1 is 1.29 bits per heavy atom. The van der Waals surface area contributed by atoms with Crippen LogP contribution < -0.4 is 5.32 Å². The minimum Gasteiger partial charge on any atom is -0.365 e. The van der Waals surface area contributed by atoms with Crippen LogP contribution in [0.2, 0.25) is 0 Å². The molecule has 0 radical (unpaired) electrons. The zero-order chi connectivity index (χ0) is 19.5. The molecule has 0 unspecified atom stereocenters. The van der Waals surface area contributed by atoms with Crippen LogP contribution in [-0.4, -0.2) is 60.1 Å². The van der Waals surface area contributed by atoms with Crippen LogP contribution in [0.4, 0.5) is 5.82 Å². The molecule has 152 valence electrons. The molecule has 1 aliphatic carbocycles. The van der Waals surface area contributed by atoms with Gasteiger partial charge in [0, 0.05) is 12.5 Å². The standard InChI is InChI=1S/C16H23N7O5/c24-21-12-6-11(7-27-23(25)26)28-16(12)22-9-19-13-14(17-8-18-15(13)22)20-10-4-2-1-3-5-10/h8-12,16,25-26H,1-7H2,(H,17,18,20)/t11-,12+,16+/m0/s1. The van der Waals surface area contributed by atoms with Crippen molar-refractivity contribution in [2.24, 2.45) is 5.18 Å². The van der Waals surface area contributed by atoms with Crippen LogP contribution in [0, 0.1) is 4.91 Å². The Hall–Kier alpha value is -2.25. The van der Waals surface area contributed by atoms with E-state index < -0.39 is 18.4 Å². The predicted octanol–water partition coefficient (Wildman–Crippen LogP) is 2.01. The number of anilines is 1. The summed E-state index contributed by atoms with van der Waals surface area (Å²) in [5.41, 5.74) is 1.15. The Bertz CT molecular complexity index is 810. The molecule has 0 aromatic carbocycles. The zero-order valence-electron chi connectivity index (χ0n) is 15.2. The normalized spacial score (nSPS) is 26.2. The van der Waals surface area contributed by atoms with E-state index in [4.69, 9.17) is 15.2 Å². The van der Waals surface area contributed by atoms with Crippen molar-refractivity contribution in [3.63, 3.8) is 0 Å². The van der Waals surface area contributed by atoms with E-state index in [1.165, 1.54) is 25.6 Å². The molecule has 2 fully saturated rings. The van der Waals surface area contributed by atoms with E-state index in [1.54, 1.807) is 10.9 Å². The minimum atomic E-state index is -0.709. The van der Waals surface area contributed by atoms with Gasteiger partial charge in [0.25, 0.3) is 0 Å². The van der Waals surface area contributed by atoms with Crippen LogP contribution in [0.15, 0.2) is 17.8 Å². The lowest BCUT2D eigenvalue weighted by Gasteiger charge is -2.23. The van der Waals surface area contributed by atoms with Crippen LogP contribution >= 0.6 is 0 Å². The quantitative estimate of drug-likeness (QED) is 0.471. The number of aromatic nitrogens is 4. The van der Waals surface area contributed by atoms with Gasteiger partial charge in [0.15, 0.2) is 23.2 Å². The predicted molar refractivity (Wildman–Crippen MR) is 95.3 cm³/mol. The number of hydrogen-bond acceptors (Lipinski definition) is 11. The SMILES string of the molecule is O=N[C@@H]1C[C@@H](CON(O)O)O[C@H]1n1cnc2c(NC3CCCCC3)ncnc21. The molecule has 12 nitrogen and oxygen atoms in total. The molecule has 4 rings (SSSR count). The third-order valence-corrected chi connectivity index (χ3v) is 5.26. The molecule has 0 bridgehead atoms. The van der Waals surface area contributed by atoms with E-state index in [0.29, 0.717) is 23.0 Å². The maximum absolute atomic E-state index is 11.3. The Morgan fingerprint density at radius 2 is 2.11 bits per heavy atom. The second kappa shape index (κ2) is 8.41. The van der Waals surface area contributed by atoms with Gasteiger partial charge in [0.2, 0.25) is 0 Å². The number of nitroso groups, excluding NO2 is 1. The van der Waals surface area contributed by atoms with Crippen molar-refractivity contribution >= 4 is 17.0 Å². The molecular formula is C16H23N7O5. The minimum absolute atomic E-state index is 0.133. The largest absolute Gasteiger partial charge is 0.365 e. The summed E-state index contributed by atoms with van der Waals surface area (Å²) in [7, 11) is 0. The number of fused-ring (bicyclic) bond motifs is 1. The van der Waals surface area contributed by atoms with E-state index >= 15 is 0 Å². The highest BCUT2D eigenvalue weighted by Gasteiger charge is 2.39. The fourth-order valence-corrected chi connectivity index (χ4v) is 3.92. The molecule has 2 aromatic rings. The van der Waals surface area contributed by atoms with Gasteiger partial charge in [-0.1, -0.05) is 24.4 Å². The van der Waals surface area contributed by atoms with Gasteiger partial charge in [0.05, 0.1) is 24.4 Å². The topological polar surface area (TPSA) is 147 Å². The summed E-state index contributed by atoms with van der Waals surface area (Å²) >= 11 is 0. The molecule has 0 spiro atoms. The van der Waals surface area contributed by atoms with Crippen LogP contribution in [0.1, 0.15) is 44.8 Å². The Kier molecular flexibility index (Phi) is 5.73. The third kappa shape index (κ3) is 3.95. The Morgan fingerprint density at radius 3 is 2.86 bits per heavy atom. The van der Waals surface area contributed by atoms with Gasteiger partial charge >= 0.3 is 0 Å². The van der Waals surface area contributed by atoms with Gasteiger partial charge < -0.3 is 10.1 Å². The van der Waals surface area contributed by atoms with Crippen molar-refractivity contribution in [3.8, 4) is 0 Å². The average Bonchev–Trinajstić information content (AvgIpc) is 3.31. The first-order valence-corrected chi connectivity index (χ1v) is 9.38. The third-order valence-electron chi connectivity index (χ3n) is 5.26. The van der Waals surface area contributed by atoms with Gasteiger partial charge in [-0.15, -0.1) is 0 Å². The fraction of sp³-hybridized carbons (Fsp3) is 0.688. The summed E-state index contributed by atoms with van der Waals surface area (Å²) in [6.07, 6.45) is 7.92. The molecule has 1 saturated carbocycles. The van der Waals surface area contributed by atoms with Gasteiger partial charge in [-0.05, 0) is 12.8 Å². The van der Waals surface area contributed by atoms with Crippen LogP contribution in [0.3, 0.4) is 0 Å². The molecule has 1 aliphatic heterocycles. The summed E-state index contributed by atoms with van der Waals surface area (Å²) in [4.78, 5) is 29.0. The van der Waals surface area contributed by atoms with Crippen LogP contribution in [0.25, 0.3) is 11.2 Å². The number of nitrogens with zero attached hydrogens (tertiary/aromatic N) is 6. The molecule has 0 amide bonds. The first-order chi connectivity index (χ1) is 13.7. The number of hydrogen-bond donors (Lipinski definition) is 3. The maximum atomic E-state index is 11.3. The van der Waals surface area contributed by atoms with E-state index in [-0.39, 0.29) is 18.4 Å². The maximum Gasteiger partial charge on any atom is 0.167 e. The average molecular weight is 393 g/mol. The number of nitrogens with one attached hydrogen (secondary N) is 1. The highest BCUT2D eigenvalue weighted by molar-refractivity contribution is 5.82. The molecule has 2 aliphatic rings. The molecule has 3 N–H and O–H groups in total. The van der Waals surface area contributed by atoms with Crippen LogP contribution in [0.5, 0.6) is 0 Å². The van der Waals surface area contributed by atoms with Crippen LogP contribution in [-0.2, 0) is 9.57 Å². The molecule has 1 saturated heterocycles. The smallest absolute Gasteiger partial charge is 0.167 e. The van der Waals surface area contributed by atoms with E-state index in [2.05, 4.69) is 30.3 Å². The molecule has 3 heterocycles. The number of imidazole rings is 1. The van der Waals surface area contributed by atoms with Gasteiger partial charge in [0.1, 0.15) is 12.4 Å². The van der Waals surface area contributed by atoms with E-state index in [0.717, 1.165) is 12.8 Å². The second-order valence-electron chi connectivity index (χ2n) is 7.13. The zero-order valence-corrected chi connectivity index (χ0v) is 15.2. The molecule has 12 heteroatoms. The summed E-state index contributed by atoms with van der Waals surface area (Å²) in [6, 6.07) is -0.313. The van der Waals surface area contributed by atoms with Crippen molar-refractivity contribution in [1.82, 2.24) is 24.9 Å². The number of ether oxygens (including phenoxy) is 1. The van der Waals surface area contributed by atoms with Crippen molar-refractivity contribution in [1.29, 1.82) is 0 Å². The Balaban J connectivity index is 1.55. The highest BCUT2D eigenvalue weighted by Crippen LogP contribution is 2.34. The second-order valence-corrected chi connectivity index (χ2v) is 7.13.